The summed E-state index contributed by atoms with van der Waals surface area (Å²) in [6, 6.07) is 0. The fraction of sp³-hybridized carbons (Fsp3) is 0.333. The normalized spacial score (nSPS) is 18.9. The summed E-state index contributed by atoms with van der Waals surface area (Å²) in [5.74, 6) is -0.0554. The molecule has 2 rings (SSSR count). The first-order chi connectivity index (χ1) is 7.77. The molecule has 0 spiro atoms. The first kappa shape index (κ1) is 10.7. The monoisotopic (exact) mass is 217 g/mol. The van der Waals surface area contributed by atoms with E-state index >= 15 is 0 Å². The minimum atomic E-state index is -0.0554. The van der Waals surface area contributed by atoms with Gasteiger partial charge in [0.1, 0.15) is 0 Å². The van der Waals surface area contributed by atoms with Crippen LogP contribution in [0.25, 0.3) is 0 Å². The van der Waals surface area contributed by atoms with Gasteiger partial charge in [0.25, 0.3) is 0 Å². The van der Waals surface area contributed by atoms with Gasteiger partial charge in [0, 0.05) is 24.4 Å². The molecule has 1 aliphatic carbocycles. The van der Waals surface area contributed by atoms with Crippen LogP contribution in [0, 0.1) is 0 Å². The molecule has 1 amide bonds. The molecule has 1 heterocycles. The van der Waals surface area contributed by atoms with Gasteiger partial charge >= 0.3 is 0 Å². The van der Waals surface area contributed by atoms with Gasteiger partial charge < -0.3 is 16.4 Å². The quantitative estimate of drug-likeness (QED) is 0.581. The van der Waals surface area contributed by atoms with Gasteiger partial charge in [-0.2, -0.15) is 0 Å². The minimum Gasteiger partial charge on any atom is -0.401 e. The predicted molar refractivity (Wildman–Crippen MR) is 62.4 cm³/mol. The van der Waals surface area contributed by atoms with E-state index in [0.717, 1.165) is 12.1 Å². The highest BCUT2D eigenvalue weighted by atomic mass is 16.1. The molecule has 0 aromatic heterocycles. The minimum absolute atomic E-state index is 0.0554. The molecule has 0 atom stereocenters. The van der Waals surface area contributed by atoms with Gasteiger partial charge in [-0.25, -0.2) is 0 Å². The average molecular weight is 217 g/mol. The number of carbonyl (C=O) groups excluding carboxylic acids is 1. The highest BCUT2D eigenvalue weighted by molar-refractivity contribution is 5.94. The summed E-state index contributed by atoms with van der Waals surface area (Å²) in [4.78, 5) is 11.8. The van der Waals surface area contributed by atoms with Gasteiger partial charge in [0.15, 0.2) is 0 Å². The molecule has 0 saturated carbocycles. The number of nitrogens with two attached hydrogens (primary N) is 1. The molecule has 0 fully saturated rings. The molecule has 84 valence electrons. The van der Waals surface area contributed by atoms with Crippen LogP contribution in [0.1, 0.15) is 6.42 Å². The van der Waals surface area contributed by atoms with Gasteiger partial charge in [0.2, 0.25) is 5.91 Å². The Bertz CT molecular complexity index is 426. The van der Waals surface area contributed by atoms with E-state index in [2.05, 4.69) is 16.4 Å². The van der Waals surface area contributed by atoms with Gasteiger partial charge in [-0.1, -0.05) is 0 Å². The lowest BCUT2D eigenvalue weighted by Gasteiger charge is -2.17. The number of amides is 1. The zero-order chi connectivity index (χ0) is 11.4. The second-order valence-electron chi connectivity index (χ2n) is 3.83. The highest BCUT2D eigenvalue weighted by Gasteiger charge is 2.16. The number of allylic oxidation sites excluding steroid dienone is 1. The van der Waals surface area contributed by atoms with Crippen molar-refractivity contribution in [1.82, 2.24) is 10.6 Å². The topological polar surface area (TPSA) is 67.2 Å². The van der Waals surface area contributed by atoms with E-state index in [0.29, 0.717) is 30.8 Å². The molecule has 4 nitrogen and oxygen atoms in total. The Morgan fingerprint density at radius 1 is 1.62 bits per heavy atom. The Hall–Kier alpha value is -1.77. The predicted octanol–water partition coefficient (Wildman–Crippen LogP) is -0.0400. The fourth-order valence-corrected chi connectivity index (χ4v) is 1.72. The van der Waals surface area contributed by atoms with Crippen LogP contribution in [0.3, 0.4) is 0 Å². The van der Waals surface area contributed by atoms with Crippen molar-refractivity contribution in [1.29, 1.82) is 0 Å². The second-order valence-corrected chi connectivity index (χ2v) is 3.83. The van der Waals surface area contributed by atoms with Crippen molar-refractivity contribution in [2.24, 2.45) is 5.73 Å². The lowest BCUT2D eigenvalue weighted by molar-refractivity contribution is -0.117. The van der Waals surface area contributed by atoms with Gasteiger partial charge in [-0.15, -0.1) is 5.73 Å². The molecule has 0 aromatic rings. The van der Waals surface area contributed by atoms with Crippen molar-refractivity contribution in [3.05, 3.63) is 40.8 Å². The van der Waals surface area contributed by atoms with Gasteiger partial charge in [-0.05, 0) is 36.8 Å². The van der Waals surface area contributed by atoms with Crippen LogP contribution in [-0.2, 0) is 4.79 Å². The number of carbonyl (C=O) groups is 1. The average Bonchev–Trinajstić information content (AvgIpc) is 2.79. The number of nitrogens with one attached hydrogen (secondary N) is 2. The van der Waals surface area contributed by atoms with Crippen molar-refractivity contribution < 1.29 is 4.79 Å². The third-order valence-corrected chi connectivity index (χ3v) is 2.64. The van der Waals surface area contributed by atoms with E-state index in [1.165, 1.54) is 0 Å². The summed E-state index contributed by atoms with van der Waals surface area (Å²) in [6.45, 7) is 1.95. The van der Waals surface area contributed by atoms with E-state index in [-0.39, 0.29) is 5.91 Å². The molecule has 0 bridgehead atoms. The van der Waals surface area contributed by atoms with Crippen LogP contribution < -0.4 is 16.4 Å². The molecule has 4 N–H and O–H groups in total. The first-order valence-corrected chi connectivity index (χ1v) is 5.35. The van der Waals surface area contributed by atoms with Crippen LogP contribution in [0.4, 0.5) is 0 Å². The molecular weight excluding hydrogens is 202 g/mol. The lowest BCUT2D eigenvalue weighted by Crippen LogP contribution is -2.36. The highest BCUT2D eigenvalue weighted by Crippen LogP contribution is 2.09. The summed E-state index contributed by atoms with van der Waals surface area (Å²) in [7, 11) is 0. The van der Waals surface area contributed by atoms with E-state index in [1.807, 2.05) is 18.2 Å². The molecule has 4 heteroatoms. The van der Waals surface area contributed by atoms with Crippen molar-refractivity contribution in [2.75, 3.05) is 19.6 Å². The fourth-order valence-electron chi connectivity index (χ4n) is 1.72. The zero-order valence-electron chi connectivity index (χ0n) is 9.05. The van der Waals surface area contributed by atoms with Crippen LogP contribution in [0.2, 0.25) is 0 Å². The third-order valence-electron chi connectivity index (χ3n) is 2.64. The summed E-state index contributed by atoms with van der Waals surface area (Å²) in [6.07, 6.45) is 6.32. The van der Waals surface area contributed by atoms with E-state index in [1.54, 1.807) is 0 Å². The standard InChI is InChI=1S/C12H15N3O/c13-11-8-14-6-5-10(11)12(16)15-7-9-3-1-2-4-9/h1,3-4,14H,5-8,13H2,(H,15,16). The van der Waals surface area contributed by atoms with Crippen LogP contribution in [-0.4, -0.2) is 25.5 Å². The molecule has 2 aliphatic rings. The van der Waals surface area contributed by atoms with Crippen LogP contribution >= 0.6 is 0 Å². The Morgan fingerprint density at radius 2 is 2.50 bits per heavy atom. The lowest BCUT2D eigenvalue weighted by atomic mass is 10.1. The summed E-state index contributed by atoms with van der Waals surface area (Å²) >= 11 is 0. The number of rotatable bonds is 3. The molecule has 1 aliphatic heterocycles. The maximum absolute atomic E-state index is 11.8. The van der Waals surface area contributed by atoms with Crippen LogP contribution in [0.15, 0.2) is 40.8 Å². The molecule has 0 unspecified atom stereocenters. The van der Waals surface area contributed by atoms with E-state index in [9.17, 15) is 4.79 Å². The van der Waals surface area contributed by atoms with Gasteiger partial charge in [0.05, 0.1) is 0 Å². The summed E-state index contributed by atoms with van der Waals surface area (Å²) < 4.78 is 0. The Kier molecular flexibility index (Phi) is 3.25. The summed E-state index contributed by atoms with van der Waals surface area (Å²) in [5, 5.41) is 5.98. The number of hydrogen-bond acceptors (Lipinski definition) is 3. The van der Waals surface area contributed by atoms with Crippen LogP contribution in [0.5, 0.6) is 0 Å². The van der Waals surface area contributed by atoms with Crippen molar-refractivity contribution in [3.63, 3.8) is 0 Å². The van der Waals surface area contributed by atoms with Crippen molar-refractivity contribution in [2.45, 2.75) is 6.42 Å². The maximum atomic E-state index is 11.8. The SMILES string of the molecule is NC1=C(C(=O)NCC2=CC=C=C2)CCNC1. The maximum Gasteiger partial charge on any atom is 0.249 e. The second kappa shape index (κ2) is 4.84. The smallest absolute Gasteiger partial charge is 0.249 e. The van der Waals surface area contributed by atoms with Crippen molar-refractivity contribution >= 4 is 5.91 Å². The van der Waals surface area contributed by atoms with E-state index < -0.39 is 0 Å². The molecule has 16 heavy (non-hydrogen) atoms. The molecule has 0 saturated heterocycles. The summed E-state index contributed by atoms with van der Waals surface area (Å²) in [5.41, 5.74) is 11.1. The molecular formula is C12H15N3O. The molecule has 0 aromatic carbocycles. The van der Waals surface area contributed by atoms with E-state index in [4.69, 9.17) is 5.73 Å². The zero-order valence-corrected chi connectivity index (χ0v) is 9.05. The third kappa shape index (κ3) is 2.42. The molecule has 0 radical (unpaired) electrons. The number of hydrogen-bond donors (Lipinski definition) is 3. The Labute approximate surface area is 94.6 Å². The Balaban J connectivity index is 1.90. The first-order valence-electron chi connectivity index (χ1n) is 5.35. The largest absolute Gasteiger partial charge is 0.401 e. The van der Waals surface area contributed by atoms with Crippen molar-refractivity contribution in [3.8, 4) is 0 Å². The Morgan fingerprint density at radius 3 is 3.19 bits per heavy atom. The van der Waals surface area contributed by atoms with Gasteiger partial charge in [-0.3, -0.25) is 4.79 Å².